The summed E-state index contributed by atoms with van der Waals surface area (Å²) < 4.78 is 11.3. The van der Waals surface area contributed by atoms with Crippen molar-refractivity contribution in [1.82, 2.24) is 5.32 Å². The summed E-state index contributed by atoms with van der Waals surface area (Å²) in [5.74, 6) is -0.170. The average Bonchev–Trinajstić information content (AvgIpc) is 3.41. The Labute approximate surface area is 464 Å². The molecule has 444 valence electrons. The van der Waals surface area contributed by atoms with E-state index in [1.807, 2.05) is 6.08 Å². The third-order valence-electron chi connectivity index (χ3n) is 16.0. The lowest BCUT2D eigenvalue weighted by molar-refractivity contribution is -0.302. The highest BCUT2D eigenvalue weighted by atomic mass is 16.7. The Morgan fingerprint density at radius 3 is 1.08 bits per heavy atom. The first kappa shape index (κ1) is 71.7. The van der Waals surface area contributed by atoms with Gasteiger partial charge in [-0.25, -0.2) is 0 Å². The molecule has 7 atom stereocenters. The Morgan fingerprint density at radius 1 is 0.440 bits per heavy atom. The lowest BCUT2D eigenvalue weighted by Gasteiger charge is -2.40. The molecular formula is C66H127NO8. The Balaban J connectivity index is 2.12. The van der Waals surface area contributed by atoms with Gasteiger partial charge in [-0.05, 0) is 44.9 Å². The zero-order chi connectivity index (χ0) is 54.3. The van der Waals surface area contributed by atoms with E-state index >= 15 is 0 Å². The first-order chi connectivity index (χ1) is 36.8. The van der Waals surface area contributed by atoms with Crippen LogP contribution >= 0.6 is 0 Å². The molecule has 0 aromatic heterocycles. The van der Waals surface area contributed by atoms with E-state index in [9.17, 15) is 30.3 Å². The molecule has 0 saturated carbocycles. The molecule has 1 fully saturated rings. The molecule has 0 bridgehead atoms. The summed E-state index contributed by atoms with van der Waals surface area (Å²) in [5, 5.41) is 54.7. The number of carbonyl (C=O) groups is 1. The number of aliphatic hydroxyl groups is 5. The minimum atomic E-state index is -1.57. The van der Waals surface area contributed by atoms with Crippen LogP contribution in [0.5, 0.6) is 0 Å². The van der Waals surface area contributed by atoms with E-state index in [2.05, 4.69) is 31.3 Å². The molecule has 7 unspecified atom stereocenters. The number of carbonyl (C=O) groups excluding carboxylic acids is 1. The van der Waals surface area contributed by atoms with Gasteiger partial charge < -0.3 is 40.3 Å². The van der Waals surface area contributed by atoms with Crippen LogP contribution in [0.4, 0.5) is 0 Å². The van der Waals surface area contributed by atoms with Crippen molar-refractivity contribution in [2.75, 3.05) is 13.2 Å². The largest absolute Gasteiger partial charge is 0.394 e. The van der Waals surface area contributed by atoms with E-state index in [1.165, 1.54) is 276 Å². The SMILES string of the molecule is CCCCCCCCCCCCCC/C=C\CCCCCCCCCCCCCCCCCCC(=O)NC(COC1OC(CO)C(O)C(O)C1O)C(O)/C=C/CCCCCCCCCCCCCCCCCCCC. The molecular weight excluding hydrogens is 935 g/mol. The zero-order valence-corrected chi connectivity index (χ0v) is 49.6. The van der Waals surface area contributed by atoms with Crippen molar-refractivity contribution in [3.8, 4) is 0 Å². The van der Waals surface area contributed by atoms with Crippen LogP contribution < -0.4 is 5.32 Å². The van der Waals surface area contributed by atoms with Crippen LogP contribution in [-0.4, -0.2) is 87.5 Å². The highest BCUT2D eigenvalue weighted by molar-refractivity contribution is 5.76. The molecule has 6 N–H and O–H groups in total. The summed E-state index contributed by atoms with van der Waals surface area (Å²) >= 11 is 0. The predicted molar refractivity (Wildman–Crippen MR) is 318 cm³/mol. The molecule has 1 heterocycles. The molecule has 0 aliphatic carbocycles. The summed E-state index contributed by atoms with van der Waals surface area (Å²) in [6.45, 7) is 3.83. The maximum Gasteiger partial charge on any atom is 0.220 e. The Hall–Kier alpha value is -1.33. The number of amides is 1. The van der Waals surface area contributed by atoms with E-state index in [4.69, 9.17) is 9.47 Å². The van der Waals surface area contributed by atoms with Crippen LogP contribution in [0.3, 0.4) is 0 Å². The first-order valence-electron chi connectivity index (χ1n) is 33.1. The maximum atomic E-state index is 13.1. The van der Waals surface area contributed by atoms with Crippen molar-refractivity contribution in [1.29, 1.82) is 0 Å². The molecule has 1 rings (SSSR count). The molecule has 1 saturated heterocycles. The van der Waals surface area contributed by atoms with Crippen molar-refractivity contribution < 1.29 is 39.8 Å². The van der Waals surface area contributed by atoms with Gasteiger partial charge in [0.25, 0.3) is 0 Å². The Morgan fingerprint density at radius 2 is 0.747 bits per heavy atom. The number of ether oxygens (including phenoxy) is 2. The second kappa shape index (κ2) is 56.0. The van der Waals surface area contributed by atoms with Gasteiger partial charge in [-0.15, -0.1) is 0 Å². The smallest absolute Gasteiger partial charge is 0.220 e. The maximum absolute atomic E-state index is 13.1. The molecule has 9 nitrogen and oxygen atoms in total. The van der Waals surface area contributed by atoms with Gasteiger partial charge in [0.15, 0.2) is 6.29 Å². The third-order valence-corrected chi connectivity index (χ3v) is 16.0. The molecule has 0 aromatic carbocycles. The fraction of sp³-hybridized carbons (Fsp3) is 0.924. The molecule has 1 amide bonds. The lowest BCUT2D eigenvalue weighted by atomic mass is 9.99. The van der Waals surface area contributed by atoms with Crippen LogP contribution in [-0.2, 0) is 14.3 Å². The highest BCUT2D eigenvalue weighted by Gasteiger charge is 2.44. The fourth-order valence-electron chi connectivity index (χ4n) is 10.8. The predicted octanol–water partition coefficient (Wildman–Crippen LogP) is 17.3. The number of unbranched alkanes of at least 4 members (excludes halogenated alkanes) is 46. The molecule has 75 heavy (non-hydrogen) atoms. The monoisotopic (exact) mass is 1060 g/mol. The first-order valence-corrected chi connectivity index (χ1v) is 33.1. The molecule has 1 aliphatic rings. The standard InChI is InChI=1S/C66H127NO8/c1-3-5-7-9-11-13-15-17-19-21-23-25-26-27-28-29-30-31-32-33-34-35-36-38-40-42-44-46-48-50-52-54-56-62(70)67-59(58-74-66-65(73)64(72)63(71)61(57-68)75-66)60(69)55-53-51-49-47-45-43-41-39-37-24-22-20-18-16-14-12-10-8-6-4-2/h27-28,53,55,59-61,63-66,68-69,71-73H,3-26,29-52,54,56-58H2,1-2H3,(H,67,70)/b28-27-,55-53+. The number of rotatable bonds is 58. The topological polar surface area (TPSA) is 149 Å². The number of aliphatic hydroxyl groups excluding tert-OH is 5. The highest BCUT2D eigenvalue weighted by Crippen LogP contribution is 2.23. The van der Waals surface area contributed by atoms with Crippen molar-refractivity contribution in [2.45, 2.75) is 378 Å². The van der Waals surface area contributed by atoms with E-state index < -0.39 is 49.5 Å². The summed E-state index contributed by atoms with van der Waals surface area (Å²) in [4.78, 5) is 13.1. The van der Waals surface area contributed by atoms with Gasteiger partial charge in [-0.2, -0.15) is 0 Å². The van der Waals surface area contributed by atoms with E-state index in [-0.39, 0.29) is 12.5 Å². The number of hydrogen-bond donors (Lipinski definition) is 6. The number of hydrogen-bond acceptors (Lipinski definition) is 8. The van der Waals surface area contributed by atoms with Gasteiger partial charge in [0.1, 0.15) is 24.4 Å². The van der Waals surface area contributed by atoms with E-state index in [1.54, 1.807) is 6.08 Å². The van der Waals surface area contributed by atoms with E-state index in [0.29, 0.717) is 6.42 Å². The number of nitrogens with one attached hydrogen (secondary N) is 1. The molecule has 0 aromatic rings. The minimum Gasteiger partial charge on any atom is -0.394 e. The van der Waals surface area contributed by atoms with Crippen LogP contribution in [0.1, 0.15) is 335 Å². The quantitative estimate of drug-likeness (QED) is 0.0261. The Bertz CT molecular complexity index is 1230. The summed E-state index contributed by atoms with van der Waals surface area (Å²) in [6.07, 6.45) is 65.6. The van der Waals surface area contributed by atoms with Crippen molar-refractivity contribution >= 4 is 5.91 Å². The average molecular weight is 1060 g/mol. The fourth-order valence-corrected chi connectivity index (χ4v) is 10.8. The molecule has 0 spiro atoms. The second-order valence-corrected chi connectivity index (χ2v) is 23.3. The second-order valence-electron chi connectivity index (χ2n) is 23.3. The zero-order valence-electron chi connectivity index (χ0n) is 49.6. The van der Waals surface area contributed by atoms with Crippen molar-refractivity contribution in [2.24, 2.45) is 0 Å². The lowest BCUT2D eigenvalue weighted by Crippen LogP contribution is -2.60. The van der Waals surface area contributed by atoms with Gasteiger partial charge in [-0.3, -0.25) is 4.79 Å². The minimum absolute atomic E-state index is 0.170. The summed E-state index contributed by atoms with van der Waals surface area (Å²) in [7, 11) is 0. The normalized spacial score (nSPS) is 18.9. The van der Waals surface area contributed by atoms with Crippen LogP contribution in [0.15, 0.2) is 24.3 Å². The summed E-state index contributed by atoms with van der Waals surface area (Å²) in [5.41, 5.74) is 0. The van der Waals surface area contributed by atoms with E-state index in [0.717, 1.165) is 38.5 Å². The van der Waals surface area contributed by atoms with Gasteiger partial charge in [0.05, 0.1) is 25.4 Å². The Kier molecular flexibility index (Phi) is 53.5. The number of allylic oxidation sites excluding steroid dienone is 3. The van der Waals surface area contributed by atoms with Crippen LogP contribution in [0, 0.1) is 0 Å². The van der Waals surface area contributed by atoms with Gasteiger partial charge in [0.2, 0.25) is 5.91 Å². The molecule has 1 aliphatic heterocycles. The summed E-state index contributed by atoms with van der Waals surface area (Å²) in [6, 6.07) is -0.803. The van der Waals surface area contributed by atoms with Gasteiger partial charge >= 0.3 is 0 Å². The molecule has 0 radical (unpaired) electrons. The molecule has 9 heteroatoms. The van der Waals surface area contributed by atoms with Gasteiger partial charge in [-0.1, -0.05) is 308 Å². The van der Waals surface area contributed by atoms with Gasteiger partial charge in [0, 0.05) is 6.42 Å². The third kappa shape index (κ3) is 45.1. The van der Waals surface area contributed by atoms with Crippen molar-refractivity contribution in [3.63, 3.8) is 0 Å². The van der Waals surface area contributed by atoms with Crippen molar-refractivity contribution in [3.05, 3.63) is 24.3 Å². The van der Waals surface area contributed by atoms with Crippen LogP contribution in [0.25, 0.3) is 0 Å². The van der Waals surface area contributed by atoms with Crippen LogP contribution in [0.2, 0.25) is 0 Å².